The Morgan fingerprint density at radius 1 is 0.469 bits per heavy atom. The van der Waals surface area contributed by atoms with Crippen molar-refractivity contribution in [1.29, 1.82) is 0 Å². The highest BCUT2D eigenvalue weighted by atomic mass is 15.0. The van der Waals surface area contributed by atoms with E-state index in [0.717, 1.165) is 0 Å². The second-order valence-electron chi connectivity index (χ2n) is 16.1. The summed E-state index contributed by atoms with van der Waals surface area (Å²) < 4.78 is 5.01. The molecule has 0 radical (unpaired) electrons. The topological polar surface area (TPSA) is 9.86 Å². The van der Waals surface area contributed by atoms with Gasteiger partial charge in [0.2, 0.25) is 0 Å². The van der Waals surface area contributed by atoms with Crippen molar-refractivity contribution < 1.29 is 0 Å². The van der Waals surface area contributed by atoms with Gasteiger partial charge in [0.05, 0.1) is 27.8 Å². The highest BCUT2D eigenvalue weighted by Gasteiger charge is 2.26. The maximum absolute atomic E-state index is 2.55. The summed E-state index contributed by atoms with van der Waals surface area (Å²) in [5.74, 6) is 0.271. The third-order valence-corrected chi connectivity index (χ3v) is 10.4. The van der Waals surface area contributed by atoms with Crippen molar-refractivity contribution in [2.24, 2.45) is 0 Å². The largest absolute Gasteiger partial charge is 0.309 e. The van der Waals surface area contributed by atoms with Crippen LogP contribution in [-0.4, -0.2) is 9.13 Å². The Kier molecular flexibility index (Phi) is 7.16. The van der Waals surface area contributed by atoms with Crippen LogP contribution in [0.15, 0.2) is 127 Å². The predicted molar refractivity (Wildman–Crippen MR) is 212 cm³/mol. The van der Waals surface area contributed by atoms with Gasteiger partial charge in [-0.3, -0.25) is 0 Å². The van der Waals surface area contributed by atoms with Crippen LogP contribution in [0.4, 0.5) is 0 Å². The van der Waals surface area contributed by atoms with Crippen LogP contribution in [0.5, 0.6) is 0 Å². The fourth-order valence-electron chi connectivity index (χ4n) is 7.87. The summed E-state index contributed by atoms with van der Waals surface area (Å²) in [4.78, 5) is 0. The normalized spacial score (nSPS) is 12.7. The maximum atomic E-state index is 2.55. The third-order valence-electron chi connectivity index (χ3n) is 10.4. The molecule has 8 rings (SSSR count). The summed E-state index contributed by atoms with van der Waals surface area (Å²) in [6.45, 7) is 18.6. The van der Waals surface area contributed by atoms with Crippen LogP contribution in [0, 0.1) is 0 Å². The van der Waals surface area contributed by atoms with Crippen LogP contribution >= 0.6 is 0 Å². The zero-order chi connectivity index (χ0) is 34.2. The molecule has 0 fully saturated rings. The zero-order valence-corrected chi connectivity index (χ0v) is 30.1. The molecule has 0 aliphatic rings. The Bertz CT molecular complexity index is 2440. The van der Waals surface area contributed by atoms with Gasteiger partial charge >= 0.3 is 0 Å². The van der Waals surface area contributed by atoms with Gasteiger partial charge in [0.25, 0.3) is 0 Å². The molecule has 244 valence electrons. The molecule has 49 heavy (non-hydrogen) atoms. The van der Waals surface area contributed by atoms with Crippen LogP contribution < -0.4 is 0 Å². The molecule has 8 aromatic rings. The molecule has 2 heterocycles. The molecular formula is C47H46N2. The lowest BCUT2D eigenvalue weighted by Crippen LogP contribution is -2.10. The van der Waals surface area contributed by atoms with Crippen LogP contribution in [0.1, 0.15) is 78.0 Å². The molecule has 0 aliphatic heterocycles. The van der Waals surface area contributed by atoms with Gasteiger partial charge in [-0.25, -0.2) is 0 Å². The molecule has 2 aromatic heterocycles. The van der Waals surface area contributed by atoms with Gasteiger partial charge in [-0.15, -0.1) is 0 Å². The van der Waals surface area contributed by atoms with Gasteiger partial charge in [-0.05, 0) is 99.2 Å². The van der Waals surface area contributed by atoms with Gasteiger partial charge < -0.3 is 9.13 Å². The number of rotatable bonds is 4. The second-order valence-corrected chi connectivity index (χ2v) is 16.1. The van der Waals surface area contributed by atoms with Crippen molar-refractivity contribution in [3.8, 4) is 22.5 Å². The molecule has 0 saturated heterocycles. The van der Waals surface area contributed by atoms with Gasteiger partial charge in [0.15, 0.2) is 0 Å². The molecule has 0 atom stereocenters. The number of benzene rings is 6. The Balaban J connectivity index is 1.55. The molecule has 2 nitrogen and oxygen atoms in total. The van der Waals surface area contributed by atoms with Crippen molar-refractivity contribution in [2.75, 3.05) is 0 Å². The zero-order valence-electron chi connectivity index (χ0n) is 30.1. The van der Waals surface area contributed by atoms with E-state index in [1.54, 1.807) is 0 Å². The fourth-order valence-corrected chi connectivity index (χ4v) is 7.87. The average molecular weight is 639 g/mol. The first kappa shape index (κ1) is 31.2. The number of fused-ring (bicyclic) bond motifs is 6. The lowest BCUT2D eigenvalue weighted by Gasteiger charge is -2.21. The molecule has 0 spiro atoms. The summed E-state index contributed by atoms with van der Waals surface area (Å²) in [5.41, 5.74) is 14.1. The van der Waals surface area contributed by atoms with Crippen molar-refractivity contribution in [3.05, 3.63) is 144 Å². The van der Waals surface area contributed by atoms with Crippen LogP contribution in [-0.2, 0) is 10.8 Å². The van der Waals surface area contributed by atoms with E-state index in [1.807, 2.05) is 0 Å². The Labute approximate surface area is 290 Å². The SMILES string of the molecule is CC(C)c1c(-n2c3ccc(C(C)(C)C)cc3c3cc(C(C)(C)C)ccc32)ccc2c1c1c(-c3ccccc3)cccc1n2-c1ccccc1. The third kappa shape index (κ3) is 5.00. The number of hydrogen-bond acceptors (Lipinski definition) is 0. The van der Waals surface area contributed by atoms with Gasteiger partial charge in [-0.1, -0.05) is 128 Å². The van der Waals surface area contributed by atoms with E-state index in [2.05, 4.69) is 192 Å². The van der Waals surface area contributed by atoms with Crippen LogP contribution in [0.25, 0.3) is 66.1 Å². The highest BCUT2D eigenvalue weighted by molar-refractivity contribution is 6.18. The second kappa shape index (κ2) is 11.2. The summed E-state index contributed by atoms with van der Waals surface area (Å²) in [5, 5.41) is 5.28. The van der Waals surface area contributed by atoms with E-state index in [1.165, 1.54) is 82.8 Å². The van der Waals surface area contributed by atoms with E-state index < -0.39 is 0 Å². The first-order valence-corrected chi connectivity index (χ1v) is 17.7. The van der Waals surface area contributed by atoms with Crippen molar-refractivity contribution >= 4 is 43.6 Å². The number of hydrogen-bond donors (Lipinski definition) is 0. The van der Waals surface area contributed by atoms with Crippen LogP contribution in [0.3, 0.4) is 0 Å². The summed E-state index contributed by atoms with van der Waals surface area (Å²) >= 11 is 0. The Morgan fingerprint density at radius 3 is 1.55 bits per heavy atom. The van der Waals surface area contributed by atoms with E-state index in [9.17, 15) is 0 Å². The molecule has 0 bridgehead atoms. The van der Waals surface area contributed by atoms with Crippen molar-refractivity contribution in [3.63, 3.8) is 0 Å². The molecule has 2 heteroatoms. The molecule has 0 N–H and O–H groups in total. The highest BCUT2D eigenvalue weighted by Crippen LogP contribution is 2.46. The van der Waals surface area contributed by atoms with E-state index in [0.29, 0.717) is 0 Å². The lowest BCUT2D eigenvalue weighted by atomic mass is 9.85. The molecule has 0 unspecified atom stereocenters. The predicted octanol–water partition coefficient (Wildman–Crippen LogP) is 13.3. The number of nitrogens with zero attached hydrogens (tertiary/aromatic N) is 2. The van der Waals surface area contributed by atoms with Crippen molar-refractivity contribution in [2.45, 2.75) is 72.1 Å². The molecule has 0 amide bonds. The van der Waals surface area contributed by atoms with Gasteiger partial charge in [0.1, 0.15) is 0 Å². The molecular weight excluding hydrogens is 593 g/mol. The number of aromatic nitrogens is 2. The van der Waals surface area contributed by atoms with Crippen molar-refractivity contribution in [1.82, 2.24) is 9.13 Å². The first-order valence-electron chi connectivity index (χ1n) is 17.7. The van der Waals surface area contributed by atoms with Gasteiger partial charge in [-0.2, -0.15) is 0 Å². The minimum Gasteiger partial charge on any atom is -0.309 e. The lowest BCUT2D eigenvalue weighted by molar-refractivity contribution is 0.590. The molecule has 6 aromatic carbocycles. The van der Waals surface area contributed by atoms with E-state index in [-0.39, 0.29) is 16.7 Å². The minimum atomic E-state index is 0.0549. The molecule has 0 aliphatic carbocycles. The standard InChI is InChI=1S/C47H46N2/c1-30(2)43-41(49-38-24-22-32(46(3,4)5)28-36(38)37-29-33(47(6,7)8)23-25-39(37)49)26-27-42-45(43)44-35(31-16-11-9-12-17-31)20-15-21-40(44)48(42)34-18-13-10-14-19-34/h9-30H,1-8H3. The number of para-hydroxylation sites is 1. The van der Waals surface area contributed by atoms with E-state index in [4.69, 9.17) is 0 Å². The summed E-state index contributed by atoms with van der Waals surface area (Å²) in [6.07, 6.45) is 0. The van der Waals surface area contributed by atoms with E-state index >= 15 is 0 Å². The average Bonchev–Trinajstić information content (AvgIpc) is 3.60. The Hall–Kier alpha value is -5.08. The van der Waals surface area contributed by atoms with Crippen LogP contribution in [0.2, 0.25) is 0 Å². The minimum absolute atomic E-state index is 0.0549. The monoisotopic (exact) mass is 638 g/mol. The van der Waals surface area contributed by atoms with Gasteiger partial charge in [0, 0.05) is 27.2 Å². The smallest absolute Gasteiger partial charge is 0.0547 e. The Morgan fingerprint density at radius 2 is 1.00 bits per heavy atom. The maximum Gasteiger partial charge on any atom is 0.0547 e. The summed E-state index contributed by atoms with van der Waals surface area (Å²) in [7, 11) is 0. The summed E-state index contributed by atoms with van der Waals surface area (Å²) in [6, 6.07) is 47.6. The fraction of sp³-hybridized carbons (Fsp3) is 0.234. The first-order chi connectivity index (χ1) is 23.4. The quantitative estimate of drug-likeness (QED) is 0.181. The molecule has 0 saturated carbocycles.